The Morgan fingerprint density at radius 2 is 1.38 bits per heavy atom. The maximum absolute atomic E-state index is 12.4. The summed E-state index contributed by atoms with van der Waals surface area (Å²) in [6.45, 7) is 8.54. The molecular formula is C10H19F3. The third-order valence-electron chi connectivity index (χ3n) is 2.60. The zero-order valence-corrected chi connectivity index (χ0v) is 9.00. The van der Waals surface area contributed by atoms with E-state index in [-0.39, 0.29) is 0 Å². The second-order valence-corrected chi connectivity index (χ2v) is 4.85. The maximum Gasteiger partial charge on any atom is 0.392 e. The van der Waals surface area contributed by atoms with Crippen molar-refractivity contribution in [1.29, 1.82) is 0 Å². The predicted octanol–water partition coefficient (Wildman–Crippen LogP) is 4.26. The van der Waals surface area contributed by atoms with Gasteiger partial charge in [0.05, 0.1) is 5.92 Å². The smallest absolute Gasteiger partial charge is 0.171 e. The molecule has 0 fully saturated rings. The molecule has 0 aromatic rings. The van der Waals surface area contributed by atoms with E-state index in [1.54, 1.807) is 13.8 Å². The van der Waals surface area contributed by atoms with E-state index in [0.717, 1.165) is 0 Å². The fourth-order valence-corrected chi connectivity index (χ4v) is 1.67. The third-order valence-corrected chi connectivity index (χ3v) is 2.60. The van der Waals surface area contributed by atoms with Crippen molar-refractivity contribution >= 4 is 0 Å². The lowest BCUT2D eigenvalue weighted by Crippen LogP contribution is -2.34. The maximum atomic E-state index is 12.4. The molecule has 80 valence electrons. The van der Waals surface area contributed by atoms with E-state index >= 15 is 0 Å². The van der Waals surface area contributed by atoms with E-state index < -0.39 is 17.5 Å². The number of halogens is 3. The normalized spacial score (nSPS) is 16.4. The zero-order chi connectivity index (χ0) is 10.9. The van der Waals surface area contributed by atoms with Crippen molar-refractivity contribution in [2.45, 2.75) is 47.2 Å². The number of hydrogen-bond acceptors (Lipinski definition) is 0. The summed E-state index contributed by atoms with van der Waals surface area (Å²) in [7, 11) is 0. The molecular weight excluding hydrogens is 177 g/mol. The van der Waals surface area contributed by atoms with Crippen molar-refractivity contribution in [3.63, 3.8) is 0 Å². The quantitative estimate of drug-likeness (QED) is 0.632. The van der Waals surface area contributed by atoms with Crippen LogP contribution in [0.4, 0.5) is 13.2 Å². The van der Waals surface area contributed by atoms with Crippen LogP contribution in [0.3, 0.4) is 0 Å². The van der Waals surface area contributed by atoms with E-state index in [0.29, 0.717) is 12.3 Å². The lowest BCUT2D eigenvalue weighted by molar-refractivity contribution is -0.198. The van der Waals surface area contributed by atoms with Crippen molar-refractivity contribution in [2.75, 3.05) is 0 Å². The highest BCUT2D eigenvalue weighted by Gasteiger charge is 2.45. The topological polar surface area (TPSA) is 0 Å². The van der Waals surface area contributed by atoms with Gasteiger partial charge in [0.15, 0.2) is 0 Å². The molecule has 0 spiro atoms. The van der Waals surface area contributed by atoms with E-state index in [2.05, 4.69) is 0 Å². The number of rotatable bonds is 3. The van der Waals surface area contributed by atoms with E-state index in [4.69, 9.17) is 0 Å². The molecule has 0 radical (unpaired) electrons. The summed E-state index contributed by atoms with van der Waals surface area (Å²) in [6, 6.07) is 0. The van der Waals surface area contributed by atoms with Crippen LogP contribution in [0.15, 0.2) is 0 Å². The molecule has 0 aromatic heterocycles. The summed E-state index contributed by atoms with van der Waals surface area (Å²) in [5.74, 6) is -0.929. The van der Waals surface area contributed by atoms with Gasteiger partial charge in [-0.1, -0.05) is 34.6 Å². The first kappa shape index (κ1) is 12.8. The van der Waals surface area contributed by atoms with Crippen LogP contribution in [0.2, 0.25) is 0 Å². The largest absolute Gasteiger partial charge is 0.392 e. The summed E-state index contributed by atoms with van der Waals surface area (Å²) in [5.41, 5.74) is -0.660. The molecule has 0 aliphatic heterocycles. The fourth-order valence-electron chi connectivity index (χ4n) is 1.67. The highest BCUT2D eigenvalue weighted by atomic mass is 19.4. The molecule has 0 rings (SSSR count). The molecule has 13 heavy (non-hydrogen) atoms. The van der Waals surface area contributed by atoms with Gasteiger partial charge in [-0.3, -0.25) is 0 Å². The molecule has 0 N–H and O–H groups in total. The van der Waals surface area contributed by atoms with Gasteiger partial charge in [-0.25, -0.2) is 0 Å². The number of hydrogen-bond donors (Lipinski definition) is 0. The second-order valence-electron chi connectivity index (χ2n) is 4.85. The Labute approximate surface area is 78.5 Å². The average Bonchev–Trinajstić information content (AvgIpc) is 1.80. The van der Waals surface area contributed by atoms with Crippen LogP contribution in [0.1, 0.15) is 41.0 Å². The third kappa shape index (κ3) is 4.01. The molecule has 0 bridgehead atoms. The molecule has 0 amide bonds. The Bertz CT molecular complexity index is 156. The number of alkyl halides is 3. The minimum absolute atomic E-state index is 0.305. The van der Waals surface area contributed by atoms with Crippen LogP contribution >= 0.6 is 0 Å². The summed E-state index contributed by atoms with van der Waals surface area (Å²) < 4.78 is 37.2. The van der Waals surface area contributed by atoms with Crippen LogP contribution in [-0.2, 0) is 0 Å². The van der Waals surface area contributed by atoms with Crippen LogP contribution in [0.5, 0.6) is 0 Å². The molecule has 0 saturated carbocycles. The first-order valence-electron chi connectivity index (χ1n) is 4.64. The molecule has 0 aliphatic rings. The first-order chi connectivity index (χ1) is 5.57. The molecule has 3 heteroatoms. The van der Waals surface area contributed by atoms with Crippen molar-refractivity contribution in [3.05, 3.63) is 0 Å². The van der Waals surface area contributed by atoms with Crippen LogP contribution in [0, 0.1) is 17.3 Å². The Morgan fingerprint density at radius 3 is 1.62 bits per heavy atom. The van der Waals surface area contributed by atoms with E-state index in [1.807, 2.05) is 13.8 Å². The van der Waals surface area contributed by atoms with Gasteiger partial charge in [0.1, 0.15) is 0 Å². The lowest BCUT2D eigenvalue weighted by Gasteiger charge is -2.34. The minimum atomic E-state index is -4.07. The van der Waals surface area contributed by atoms with Crippen LogP contribution < -0.4 is 0 Å². The molecule has 0 nitrogen and oxygen atoms in total. The van der Waals surface area contributed by atoms with E-state index in [9.17, 15) is 13.2 Å². The van der Waals surface area contributed by atoms with Crippen molar-refractivity contribution in [1.82, 2.24) is 0 Å². The summed E-state index contributed by atoms with van der Waals surface area (Å²) in [5, 5.41) is 0. The second kappa shape index (κ2) is 3.89. The predicted molar refractivity (Wildman–Crippen MR) is 48.5 cm³/mol. The Balaban J connectivity index is 4.45. The molecule has 0 aliphatic carbocycles. The fraction of sp³-hybridized carbons (Fsp3) is 1.00. The van der Waals surface area contributed by atoms with Gasteiger partial charge < -0.3 is 0 Å². The average molecular weight is 196 g/mol. The molecule has 0 saturated heterocycles. The van der Waals surface area contributed by atoms with Crippen molar-refractivity contribution in [2.24, 2.45) is 17.3 Å². The molecule has 1 unspecified atom stereocenters. The van der Waals surface area contributed by atoms with Gasteiger partial charge in [-0.2, -0.15) is 13.2 Å². The van der Waals surface area contributed by atoms with Crippen molar-refractivity contribution in [3.8, 4) is 0 Å². The zero-order valence-electron chi connectivity index (χ0n) is 9.00. The van der Waals surface area contributed by atoms with Gasteiger partial charge in [0.2, 0.25) is 0 Å². The summed E-state index contributed by atoms with van der Waals surface area (Å²) >= 11 is 0. The highest BCUT2D eigenvalue weighted by Crippen LogP contribution is 2.42. The first-order valence-corrected chi connectivity index (χ1v) is 4.64. The Kier molecular flexibility index (Phi) is 3.82. The minimum Gasteiger partial charge on any atom is -0.171 e. The summed E-state index contributed by atoms with van der Waals surface area (Å²) in [4.78, 5) is 0. The Hall–Kier alpha value is -0.210. The van der Waals surface area contributed by atoms with Gasteiger partial charge in [0.25, 0.3) is 0 Å². The van der Waals surface area contributed by atoms with E-state index in [1.165, 1.54) is 6.92 Å². The van der Waals surface area contributed by atoms with Gasteiger partial charge in [-0.15, -0.1) is 0 Å². The lowest BCUT2D eigenvalue weighted by atomic mass is 9.74. The van der Waals surface area contributed by atoms with Crippen molar-refractivity contribution < 1.29 is 13.2 Å². The monoisotopic (exact) mass is 196 g/mol. The van der Waals surface area contributed by atoms with Crippen LogP contribution in [0.25, 0.3) is 0 Å². The van der Waals surface area contributed by atoms with Gasteiger partial charge >= 0.3 is 6.18 Å². The SMILES string of the molecule is CC(C)CC(C)(C)C(C)C(F)(F)F. The summed E-state index contributed by atoms with van der Waals surface area (Å²) in [6.07, 6.45) is -3.47. The van der Waals surface area contributed by atoms with Gasteiger partial charge in [0, 0.05) is 0 Å². The Morgan fingerprint density at radius 1 is 1.00 bits per heavy atom. The highest BCUT2D eigenvalue weighted by molar-refractivity contribution is 4.81. The molecule has 1 atom stereocenters. The molecule has 0 aromatic carbocycles. The van der Waals surface area contributed by atoms with Gasteiger partial charge in [-0.05, 0) is 17.8 Å². The molecule has 0 heterocycles. The van der Waals surface area contributed by atoms with Crippen LogP contribution in [-0.4, -0.2) is 6.18 Å². The standard InChI is InChI=1S/C10H19F3/c1-7(2)6-9(4,5)8(3)10(11,12)13/h7-8H,6H2,1-5H3.